The number of rotatable bonds is 6. The second kappa shape index (κ2) is 6.62. The van der Waals surface area contributed by atoms with Crippen molar-refractivity contribution >= 4 is 22.4 Å². The number of carbonyl (C=O) groups excluding carboxylic acids is 1. The molecule has 0 fully saturated rings. The molecule has 0 bridgehead atoms. The van der Waals surface area contributed by atoms with Crippen LogP contribution < -0.4 is 10.6 Å². The third kappa shape index (κ3) is 3.88. The second-order valence-corrected chi connectivity index (χ2v) is 5.58. The summed E-state index contributed by atoms with van der Waals surface area (Å²) in [6, 6.07) is 2.45. The lowest BCUT2D eigenvalue weighted by atomic mass is 10.2. The Bertz CT molecular complexity index is 551. The molecule has 20 heavy (non-hydrogen) atoms. The minimum atomic E-state index is -0.0977. The van der Waals surface area contributed by atoms with Gasteiger partial charge < -0.3 is 10.6 Å². The maximum absolute atomic E-state index is 10.9. The Morgan fingerprint density at radius 2 is 2.30 bits per heavy atom. The van der Waals surface area contributed by atoms with Crippen LogP contribution in [0.5, 0.6) is 0 Å². The van der Waals surface area contributed by atoms with Gasteiger partial charge in [-0.05, 0) is 19.9 Å². The van der Waals surface area contributed by atoms with E-state index in [0.717, 1.165) is 5.69 Å². The zero-order valence-corrected chi connectivity index (χ0v) is 12.6. The highest BCUT2D eigenvalue weighted by Crippen LogP contribution is 2.16. The molecule has 0 saturated carbocycles. The molecule has 2 aromatic rings. The molecule has 0 spiro atoms. The van der Waals surface area contributed by atoms with Crippen LogP contribution in [0.3, 0.4) is 0 Å². The van der Waals surface area contributed by atoms with Crippen LogP contribution in [-0.2, 0) is 11.3 Å². The first-order valence-electron chi connectivity index (χ1n) is 6.50. The standard InChI is InChI=1S/C13H19N5OS/c1-9(10(2)18-6-4-5-15-18)14-7-12-8-20-13(17-12)16-11(3)19/h4-6,8-10,14H,7H2,1-3H3,(H,16,17,19)/t9-,10-/m1/s1. The number of amides is 1. The number of thiazole rings is 1. The minimum absolute atomic E-state index is 0.0977. The third-order valence-corrected chi connectivity index (χ3v) is 3.91. The summed E-state index contributed by atoms with van der Waals surface area (Å²) in [5.74, 6) is -0.0977. The summed E-state index contributed by atoms with van der Waals surface area (Å²) in [5, 5.41) is 12.9. The van der Waals surface area contributed by atoms with Crippen LogP contribution in [0.1, 0.15) is 32.5 Å². The lowest BCUT2D eigenvalue weighted by Crippen LogP contribution is -2.33. The van der Waals surface area contributed by atoms with Crippen molar-refractivity contribution in [3.8, 4) is 0 Å². The molecule has 1 amide bonds. The minimum Gasteiger partial charge on any atom is -0.306 e. The molecule has 0 aromatic carbocycles. The molecule has 108 valence electrons. The average Bonchev–Trinajstić information content (AvgIpc) is 3.05. The van der Waals surface area contributed by atoms with Gasteiger partial charge in [0.1, 0.15) is 0 Å². The van der Waals surface area contributed by atoms with Gasteiger partial charge in [0.25, 0.3) is 0 Å². The molecule has 7 heteroatoms. The lowest BCUT2D eigenvalue weighted by Gasteiger charge is -2.21. The predicted molar refractivity (Wildman–Crippen MR) is 79.7 cm³/mol. The topological polar surface area (TPSA) is 71.8 Å². The lowest BCUT2D eigenvalue weighted by molar-refractivity contribution is -0.114. The Labute approximate surface area is 122 Å². The molecule has 2 aromatic heterocycles. The van der Waals surface area contributed by atoms with Gasteiger partial charge in [-0.3, -0.25) is 9.48 Å². The van der Waals surface area contributed by atoms with Gasteiger partial charge in [0.2, 0.25) is 5.91 Å². The highest BCUT2D eigenvalue weighted by molar-refractivity contribution is 7.13. The maximum Gasteiger partial charge on any atom is 0.223 e. The zero-order valence-electron chi connectivity index (χ0n) is 11.8. The first-order chi connectivity index (χ1) is 9.56. The van der Waals surface area contributed by atoms with Crippen molar-refractivity contribution in [3.05, 3.63) is 29.5 Å². The van der Waals surface area contributed by atoms with Gasteiger partial charge in [-0.2, -0.15) is 5.10 Å². The van der Waals surface area contributed by atoms with Crippen LogP contribution in [0, 0.1) is 0 Å². The van der Waals surface area contributed by atoms with Gasteiger partial charge in [0.15, 0.2) is 5.13 Å². The molecule has 0 aliphatic carbocycles. The molecule has 0 radical (unpaired) electrons. The summed E-state index contributed by atoms with van der Waals surface area (Å²) < 4.78 is 1.93. The van der Waals surface area contributed by atoms with Gasteiger partial charge >= 0.3 is 0 Å². The van der Waals surface area contributed by atoms with Gasteiger partial charge in [0, 0.05) is 37.3 Å². The smallest absolute Gasteiger partial charge is 0.223 e. The SMILES string of the molecule is CC(=O)Nc1nc(CN[C@H](C)[C@@H](C)n2cccn2)cs1. The largest absolute Gasteiger partial charge is 0.306 e. The van der Waals surface area contributed by atoms with Crippen molar-refractivity contribution in [1.82, 2.24) is 20.1 Å². The fraction of sp³-hybridized carbons (Fsp3) is 0.462. The Morgan fingerprint density at radius 3 is 2.95 bits per heavy atom. The van der Waals surface area contributed by atoms with Gasteiger partial charge in [-0.25, -0.2) is 4.98 Å². The van der Waals surface area contributed by atoms with E-state index in [1.165, 1.54) is 18.3 Å². The summed E-state index contributed by atoms with van der Waals surface area (Å²) in [6.45, 7) is 6.39. The summed E-state index contributed by atoms with van der Waals surface area (Å²) in [5.41, 5.74) is 0.929. The first kappa shape index (κ1) is 14.7. The Morgan fingerprint density at radius 1 is 1.50 bits per heavy atom. The number of nitrogens with zero attached hydrogens (tertiary/aromatic N) is 3. The van der Waals surface area contributed by atoms with Crippen molar-refractivity contribution in [3.63, 3.8) is 0 Å². The molecular weight excluding hydrogens is 274 g/mol. The number of anilines is 1. The molecule has 2 heterocycles. The van der Waals surface area contributed by atoms with E-state index in [2.05, 4.69) is 34.6 Å². The summed E-state index contributed by atoms with van der Waals surface area (Å²) in [4.78, 5) is 15.3. The molecule has 2 atom stereocenters. The molecule has 6 nitrogen and oxygen atoms in total. The van der Waals surface area contributed by atoms with E-state index in [9.17, 15) is 4.79 Å². The fourth-order valence-corrected chi connectivity index (χ4v) is 2.54. The second-order valence-electron chi connectivity index (χ2n) is 4.72. The monoisotopic (exact) mass is 293 g/mol. The Balaban J connectivity index is 1.85. The van der Waals surface area contributed by atoms with E-state index >= 15 is 0 Å². The molecular formula is C13H19N5OS. The van der Waals surface area contributed by atoms with Crippen LogP contribution >= 0.6 is 11.3 Å². The van der Waals surface area contributed by atoms with E-state index in [4.69, 9.17) is 0 Å². The van der Waals surface area contributed by atoms with Gasteiger partial charge in [-0.1, -0.05) is 0 Å². The number of nitrogens with one attached hydrogen (secondary N) is 2. The summed E-state index contributed by atoms with van der Waals surface area (Å²) in [7, 11) is 0. The summed E-state index contributed by atoms with van der Waals surface area (Å²) >= 11 is 1.44. The van der Waals surface area contributed by atoms with E-state index in [0.29, 0.717) is 11.7 Å². The Hall–Kier alpha value is -1.73. The number of hydrogen-bond donors (Lipinski definition) is 2. The third-order valence-electron chi connectivity index (χ3n) is 3.11. The predicted octanol–water partition coefficient (Wildman–Crippen LogP) is 2.04. The highest BCUT2D eigenvalue weighted by Gasteiger charge is 2.14. The normalized spacial score (nSPS) is 13.9. The molecule has 2 rings (SSSR count). The van der Waals surface area contributed by atoms with Crippen molar-refractivity contribution < 1.29 is 4.79 Å². The van der Waals surface area contributed by atoms with Crippen LogP contribution in [0.2, 0.25) is 0 Å². The van der Waals surface area contributed by atoms with Crippen LogP contribution in [0.25, 0.3) is 0 Å². The molecule has 0 aliphatic heterocycles. The van der Waals surface area contributed by atoms with Gasteiger partial charge in [0.05, 0.1) is 11.7 Å². The van der Waals surface area contributed by atoms with Crippen molar-refractivity contribution in [2.24, 2.45) is 0 Å². The highest BCUT2D eigenvalue weighted by atomic mass is 32.1. The van der Waals surface area contributed by atoms with E-state index in [-0.39, 0.29) is 18.0 Å². The molecule has 0 unspecified atom stereocenters. The van der Waals surface area contributed by atoms with Crippen LogP contribution in [0.15, 0.2) is 23.8 Å². The van der Waals surface area contributed by atoms with Crippen LogP contribution in [0.4, 0.5) is 5.13 Å². The van der Waals surface area contributed by atoms with Crippen molar-refractivity contribution in [2.45, 2.75) is 39.4 Å². The molecule has 0 aliphatic rings. The quantitative estimate of drug-likeness (QED) is 0.855. The average molecular weight is 293 g/mol. The summed E-state index contributed by atoms with van der Waals surface area (Å²) in [6.07, 6.45) is 3.74. The number of hydrogen-bond acceptors (Lipinski definition) is 5. The number of carbonyl (C=O) groups is 1. The Kier molecular flexibility index (Phi) is 4.86. The van der Waals surface area contributed by atoms with Crippen LogP contribution in [-0.4, -0.2) is 26.7 Å². The van der Waals surface area contributed by atoms with Crippen molar-refractivity contribution in [2.75, 3.05) is 5.32 Å². The molecule has 0 saturated heterocycles. The van der Waals surface area contributed by atoms with Gasteiger partial charge in [-0.15, -0.1) is 11.3 Å². The first-order valence-corrected chi connectivity index (χ1v) is 7.38. The van der Waals surface area contributed by atoms with E-state index in [1.807, 2.05) is 22.3 Å². The fourth-order valence-electron chi connectivity index (χ4n) is 1.78. The zero-order chi connectivity index (χ0) is 14.5. The number of aromatic nitrogens is 3. The maximum atomic E-state index is 10.9. The molecule has 2 N–H and O–H groups in total. The van der Waals surface area contributed by atoms with Crippen molar-refractivity contribution in [1.29, 1.82) is 0 Å². The van der Waals surface area contributed by atoms with E-state index < -0.39 is 0 Å². The van der Waals surface area contributed by atoms with E-state index in [1.54, 1.807) is 6.20 Å².